The van der Waals surface area contributed by atoms with Crippen LogP contribution >= 0.6 is 0 Å². The summed E-state index contributed by atoms with van der Waals surface area (Å²) in [6, 6.07) is 0. The van der Waals surface area contributed by atoms with Crippen LogP contribution in [0.1, 0.15) is 168 Å². The molecule has 0 aliphatic heterocycles. The van der Waals surface area contributed by atoms with Crippen molar-refractivity contribution in [2.45, 2.75) is 168 Å². The van der Waals surface area contributed by atoms with Crippen molar-refractivity contribution in [1.29, 1.82) is 0 Å². The van der Waals surface area contributed by atoms with Crippen LogP contribution in [0.25, 0.3) is 0 Å². The van der Waals surface area contributed by atoms with E-state index in [0.717, 1.165) is 38.5 Å². The summed E-state index contributed by atoms with van der Waals surface area (Å²) in [5, 5.41) is 9.54. The predicted octanol–water partition coefficient (Wildman–Crippen LogP) is 11.2. The molecule has 0 spiro atoms. The van der Waals surface area contributed by atoms with E-state index in [2.05, 4.69) is 38.2 Å². The first-order valence-electron chi connectivity index (χ1n) is 15.2. The lowest BCUT2D eigenvalue weighted by Gasteiger charge is -2.12. The van der Waals surface area contributed by atoms with Crippen LogP contribution in [-0.2, 0) is 4.79 Å². The van der Waals surface area contributed by atoms with E-state index in [1.165, 1.54) is 116 Å². The molecule has 2 nitrogen and oxygen atoms in total. The van der Waals surface area contributed by atoms with Crippen LogP contribution in [0.5, 0.6) is 0 Å². The predicted molar refractivity (Wildman–Crippen MR) is 152 cm³/mol. The maximum atomic E-state index is 11.6. The number of carbonyl (C=O) groups is 1. The zero-order chi connectivity index (χ0) is 25.0. The quantitative estimate of drug-likeness (QED) is 0.0945. The molecule has 0 heterocycles. The van der Waals surface area contributed by atoms with Crippen LogP contribution in [-0.4, -0.2) is 11.1 Å². The Balaban J connectivity index is 3.52. The highest BCUT2D eigenvalue weighted by Gasteiger charge is 2.16. The summed E-state index contributed by atoms with van der Waals surface area (Å²) < 4.78 is 0. The van der Waals surface area contributed by atoms with Crippen LogP contribution in [0.2, 0.25) is 0 Å². The number of hydrogen-bond acceptors (Lipinski definition) is 1. The highest BCUT2D eigenvalue weighted by Crippen LogP contribution is 2.20. The van der Waals surface area contributed by atoms with E-state index in [1.807, 2.05) is 0 Å². The van der Waals surface area contributed by atoms with Gasteiger partial charge in [0.05, 0.1) is 5.92 Å². The molecule has 0 aliphatic carbocycles. The van der Waals surface area contributed by atoms with Crippen molar-refractivity contribution in [3.05, 3.63) is 24.3 Å². The van der Waals surface area contributed by atoms with E-state index in [9.17, 15) is 9.90 Å². The normalized spacial score (nSPS) is 12.8. The lowest BCUT2D eigenvalue weighted by Crippen LogP contribution is -2.13. The van der Waals surface area contributed by atoms with Gasteiger partial charge in [0.2, 0.25) is 0 Å². The smallest absolute Gasteiger partial charge is 0.306 e. The molecule has 0 saturated heterocycles. The van der Waals surface area contributed by atoms with Crippen molar-refractivity contribution in [1.82, 2.24) is 0 Å². The number of allylic oxidation sites excluding steroid dienone is 4. The summed E-state index contributed by atoms with van der Waals surface area (Å²) in [4.78, 5) is 11.6. The Hall–Kier alpha value is -1.05. The van der Waals surface area contributed by atoms with Gasteiger partial charge in [-0.15, -0.1) is 0 Å². The number of carboxylic acids is 1. The second-order valence-corrected chi connectivity index (χ2v) is 10.4. The second kappa shape index (κ2) is 28.2. The molecule has 2 heteroatoms. The molecule has 1 N–H and O–H groups in total. The maximum Gasteiger partial charge on any atom is 0.306 e. The third-order valence-electron chi connectivity index (χ3n) is 7.01. The minimum Gasteiger partial charge on any atom is -0.481 e. The SMILES string of the molecule is CCCCC/C=C\C/C=C\CCCCCCC(CCCCCCCCCCCCCC)C(=O)O. The summed E-state index contributed by atoms with van der Waals surface area (Å²) in [6.45, 7) is 4.52. The molecule has 0 bridgehead atoms. The molecule has 0 saturated carbocycles. The number of rotatable bonds is 27. The van der Waals surface area contributed by atoms with E-state index < -0.39 is 5.97 Å². The van der Waals surface area contributed by atoms with E-state index >= 15 is 0 Å². The minimum absolute atomic E-state index is 0.118. The number of carboxylic acid groups (broad SMARTS) is 1. The molecule has 0 aromatic rings. The molecule has 200 valence electrons. The molecular formula is C32H60O2. The highest BCUT2D eigenvalue weighted by atomic mass is 16.4. The fourth-order valence-electron chi connectivity index (χ4n) is 4.65. The van der Waals surface area contributed by atoms with E-state index in [0.29, 0.717) is 0 Å². The second-order valence-electron chi connectivity index (χ2n) is 10.4. The van der Waals surface area contributed by atoms with Crippen molar-refractivity contribution in [3.63, 3.8) is 0 Å². The molecular weight excluding hydrogens is 416 g/mol. The van der Waals surface area contributed by atoms with Gasteiger partial charge in [0.15, 0.2) is 0 Å². The van der Waals surface area contributed by atoms with Crippen molar-refractivity contribution in [3.8, 4) is 0 Å². The Morgan fingerprint density at radius 1 is 0.529 bits per heavy atom. The summed E-state index contributed by atoms with van der Waals surface area (Å²) in [5.74, 6) is -0.694. The first-order valence-corrected chi connectivity index (χ1v) is 15.2. The van der Waals surface area contributed by atoms with E-state index in [1.54, 1.807) is 0 Å². The van der Waals surface area contributed by atoms with Gasteiger partial charge in [-0.2, -0.15) is 0 Å². The third kappa shape index (κ3) is 25.6. The Morgan fingerprint density at radius 2 is 0.882 bits per heavy atom. The van der Waals surface area contributed by atoms with Crippen molar-refractivity contribution in [2.24, 2.45) is 5.92 Å². The van der Waals surface area contributed by atoms with E-state index in [4.69, 9.17) is 0 Å². The van der Waals surface area contributed by atoms with Gasteiger partial charge in [0.25, 0.3) is 0 Å². The van der Waals surface area contributed by atoms with Gasteiger partial charge in [0.1, 0.15) is 0 Å². The van der Waals surface area contributed by atoms with Crippen molar-refractivity contribution in [2.75, 3.05) is 0 Å². The number of unbranched alkanes of at least 4 members (excludes halogenated alkanes) is 18. The van der Waals surface area contributed by atoms with Gasteiger partial charge in [-0.05, 0) is 44.9 Å². The van der Waals surface area contributed by atoms with Crippen LogP contribution in [0.4, 0.5) is 0 Å². The van der Waals surface area contributed by atoms with Crippen molar-refractivity contribution < 1.29 is 9.90 Å². The molecule has 0 rings (SSSR count). The molecule has 0 fully saturated rings. The lowest BCUT2D eigenvalue weighted by atomic mass is 9.94. The standard InChI is InChI=1S/C32H60O2/c1-3-5-7-9-11-13-15-17-18-20-22-24-26-28-30-31(32(33)34)29-27-25-23-21-19-16-14-12-10-8-6-4-2/h11,13,17-18,31H,3-10,12,14-16,19-30H2,1-2H3,(H,33,34)/b13-11-,18-17-. The van der Waals surface area contributed by atoms with Crippen LogP contribution in [0.3, 0.4) is 0 Å². The largest absolute Gasteiger partial charge is 0.481 e. The highest BCUT2D eigenvalue weighted by molar-refractivity contribution is 5.69. The summed E-state index contributed by atoms with van der Waals surface area (Å²) in [6.07, 6.45) is 39.1. The summed E-state index contributed by atoms with van der Waals surface area (Å²) >= 11 is 0. The zero-order valence-corrected chi connectivity index (χ0v) is 23.2. The van der Waals surface area contributed by atoms with Crippen LogP contribution < -0.4 is 0 Å². The lowest BCUT2D eigenvalue weighted by molar-refractivity contribution is -0.142. The average molecular weight is 477 g/mol. The minimum atomic E-state index is -0.575. The Bertz CT molecular complexity index is 466. The molecule has 34 heavy (non-hydrogen) atoms. The zero-order valence-electron chi connectivity index (χ0n) is 23.2. The Labute approximate surface area is 214 Å². The fourth-order valence-corrected chi connectivity index (χ4v) is 4.65. The first-order chi connectivity index (χ1) is 16.7. The third-order valence-corrected chi connectivity index (χ3v) is 7.01. The van der Waals surface area contributed by atoms with E-state index in [-0.39, 0.29) is 5.92 Å². The summed E-state index contributed by atoms with van der Waals surface area (Å²) in [5.41, 5.74) is 0. The Morgan fingerprint density at radius 3 is 1.32 bits per heavy atom. The first kappa shape index (κ1) is 33.0. The molecule has 0 aromatic carbocycles. The number of aliphatic carboxylic acids is 1. The number of hydrogen-bond donors (Lipinski definition) is 1. The molecule has 0 radical (unpaired) electrons. The topological polar surface area (TPSA) is 37.3 Å². The van der Waals surface area contributed by atoms with Gasteiger partial charge >= 0.3 is 5.97 Å². The monoisotopic (exact) mass is 476 g/mol. The molecule has 0 amide bonds. The molecule has 1 unspecified atom stereocenters. The summed E-state index contributed by atoms with van der Waals surface area (Å²) in [7, 11) is 0. The maximum absolute atomic E-state index is 11.6. The molecule has 0 aromatic heterocycles. The average Bonchev–Trinajstić information content (AvgIpc) is 2.83. The van der Waals surface area contributed by atoms with Crippen LogP contribution in [0, 0.1) is 5.92 Å². The van der Waals surface area contributed by atoms with Gasteiger partial charge in [-0.1, -0.05) is 147 Å². The van der Waals surface area contributed by atoms with Gasteiger partial charge < -0.3 is 5.11 Å². The fraction of sp³-hybridized carbons (Fsp3) is 0.844. The Kier molecular flexibility index (Phi) is 27.3. The van der Waals surface area contributed by atoms with Gasteiger partial charge in [-0.25, -0.2) is 0 Å². The van der Waals surface area contributed by atoms with Crippen LogP contribution in [0.15, 0.2) is 24.3 Å². The molecule has 0 aliphatic rings. The van der Waals surface area contributed by atoms with Gasteiger partial charge in [0, 0.05) is 0 Å². The van der Waals surface area contributed by atoms with Crippen molar-refractivity contribution >= 4 is 5.97 Å². The molecule has 1 atom stereocenters. The van der Waals surface area contributed by atoms with Gasteiger partial charge in [-0.3, -0.25) is 4.79 Å².